The Hall–Kier alpha value is -5.10. The minimum Gasteiger partial charge on any atom is -0.401 e. The van der Waals surface area contributed by atoms with Gasteiger partial charge in [0.1, 0.15) is 12.1 Å². The first kappa shape index (κ1) is 40.1. The number of aliphatic hydroxyl groups excluding tert-OH is 1. The van der Waals surface area contributed by atoms with Crippen molar-refractivity contribution in [3.8, 4) is 22.9 Å². The van der Waals surface area contributed by atoms with Crippen molar-refractivity contribution >= 4 is 45.9 Å². The van der Waals surface area contributed by atoms with E-state index < -0.39 is 29.5 Å². The minimum atomic E-state index is -0.926. The van der Waals surface area contributed by atoms with Gasteiger partial charge in [0.25, 0.3) is 0 Å². The first-order valence-corrected chi connectivity index (χ1v) is 18.9. The summed E-state index contributed by atoms with van der Waals surface area (Å²) in [5.74, 6) is -0.739. The summed E-state index contributed by atoms with van der Waals surface area (Å²) in [6.45, 7) is 11.8. The van der Waals surface area contributed by atoms with Crippen molar-refractivity contribution in [2.75, 3.05) is 49.9 Å². The Kier molecular flexibility index (Phi) is 12.9. The number of thioether (sulfide) groups is 1. The number of aliphatic hydroxyl groups is 1. The second-order valence-electron chi connectivity index (χ2n) is 15.0. The summed E-state index contributed by atoms with van der Waals surface area (Å²) >= 11 is 1.21. The van der Waals surface area contributed by atoms with Crippen molar-refractivity contribution in [3.63, 3.8) is 0 Å². The maximum Gasteiger partial charge on any atom is 0.246 e. The molecule has 286 valence electrons. The third kappa shape index (κ3) is 9.71. The molecule has 13 nitrogen and oxygen atoms in total. The average Bonchev–Trinajstić information content (AvgIpc) is 3.54. The number of carbonyl (C=O) groups is 3. The number of hydrogen-bond donors (Lipinski definition) is 5. The minimum absolute atomic E-state index is 0.0101. The Morgan fingerprint density at radius 1 is 1.04 bits per heavy atom. The molecule has 4 atom stereocenters. The monoisotopic (exact) mass is 753 g/mol. The molecule has 1 aromatic heterocycles. The molecule has 2 saturated heterocycles. The van der Waals surface area contributed by atoms with Gasteiger partial charge in [0.05, 0.1) is 30.1 Å². The molecule has 14 heteroatoms. The van der Waals surface area contributed by atoms with Gasteiger partial charge in [-0.05, 0) is 53.5 Å². The molecular formula is C40H51N9O4S. The molecule has 0 unspecified atom stereocenters. The Morgan fingerprint density at radius 3 is 2.31 bits per heavy atom. The number of benzene rings is 2. The van der Waals surface area contributed by atoms with E-state index in [1.165, 1.54) is 16.7 Å². The molecule has 0 radical (unpaired) electrons. The number of β-amino-alcohol motifs (C(OH)–C–C–N with tert-alkyl or cyclic N) is 1. The third-order valence-electron chi connectivity index (χ3n) is 9.78. The normalized spacial score (nSPS) is 19.4. The van der Waals surface area contributed by atoms with Crippen molar-refractivity contribution in [1.82, 2.24) is 30.6 Å². The summed E-state index contributed by atoms with van der Waals surface area (Å²) in [5, 5.41) is 27.6. The number of anilines is 2. The van der Waals surface area contributed by atoms with E-state index in [9.17, 15) is 19.5 Å². The summed E-state index contributed by atoms with van der Waals surface area (Å²) in [6, 6.07) is 17.1. The Labute approximate surface area is 321 Å². The molecule has 3 aromatic rings. The van der Waals surface area contributed by atoms with Gasteiger partial charge in [-0.15, -0.1) is 16.6 Å². The first-order chi connectivity index (χ1) is 25.7. The number of terminal acetylenes is 1. The van der Waals surface area contributed by atoms with Crippen molar-refractivity contribution in [2.45, 2.75) is 65.3 Å². The van der Waals surface area contributed by atoms with Crippen LogP contribution in [0.25, 0.3) is 16.2 Å². The second-order valence-corrected chi connectivity index (χ2v) is 15.8. The van der Waals surface area contributed by atoms with E-state index in [2.05, 4.69) is 31.0 Å². The van der Waals surface area contributed by atoms with E-state index in [1.807, 2.05) is 93.3 Å². The second kappa shape index (κ2) is 17.4. The predicted octanol–water partition coefficient (Wildman–Crippen LogP) is 3.19. The molecule has 2 fully saturated rings. The van der Waals surface area contributed by atoms with Gasteiger partial charge in [-0.25, -0.2) is 0 Å². The van der Waals surface area contributed by atoms with Gasteiger partial charge in [0.2, 0.25) is 17.7 Å². The van der Waals surface area contributed by atoms with E-state index in [4.69, 9.17) is 17.9 Å². The summed E-state index contributed by atoms with van der Waals surface area (Å²) in [5.41, 5.74) is 16.4. The molecule has 2 aliphatic rings. The van der Waals surface area contributed by atoms with E-state index in [0.29, 0.717) is 37.7 Å². The molecule has 3 amide bonds. The number of piperazine rings is 1. The van der Waals surface area contributed by atoms with Crippen LogP contribution >= 0.6 is 11.8 Å². The van der Waals surface area contributed by atoms with Crippen molar-refractivity contribution in [3.05, 3.63) is 77.5 Å². The van der Waals surface area contributed by atoms with Crippen LogP contribution in [0.5, 0.6) is 0 Å². The third-order valence-corrected chi connectivity index (χ3v) is 10.7. The number of nitrogens with zero attached hydrogens (tertiary/aromatic N) is 5. The fraction of sp³-hybridized carbons (Fsp3) is 0.425. The van der Waals surface area contributed by atoms with Crippen molar-refractivity contribution < 1.29 is 19.5 Å². The van der Waals surface area contributed by atoms with Gasteiger partial charge < -0.3 is 37.0 Å². The van der Waals surface area contributed by atoms with Crippen LogP contribution in [0.1, 0.15) is 58.2 Å². The zero-order valence-corrected chi connectivity index (χ0v) is 32.4. The number of likely N-dealkylation sites (tertiary alicyclic amines) is 1. The molecule has 3 heterocycles. The molecule has 0 bridgehead atoms. The highest BCUT2D eigenvalue weighted by Gasteiger charge is 2.45. The summed E-state index contributed by atoms with van der Waals surface area (Å²) < 4.78 is 0. The predicted molar refractivity (Wildman–Crippen MR) is 214 cm³/mol. The Bertz CT molecular complexity index is 1880. The summed E-state index contributed by atoms with van der Waals surface area (Å²) in [7, 11) is 0. The Morgan fingerprint density at radius 2 is 1.70 bits per heavy atom. The largest absolute Gasteiger partial charge is 0.401 e. The van der Waals surface area contributed by atoms with Gasteiger partial charge in [-0.3, -0.25) is 19.3 Å². The van der Waals surface area contributed by atoms with Crippen LogP contribution in [-0.4, -0.2) is 100 Å². The van der Waals surface area contributed by atoms with E-state index >= 15 is 0 Å². The number of amides is 3. The number of rotatable bonds is 11. The number of hydrogen-bond acceptors (Lipinski definition) is 11. The maximum absolute atomic E-state index is 14.2. The molecule has 0 saturated carbocycles. The number of allylic oxidation sites excluding steroid dienone is 1. The van der Waals surface area contributed by atoms with Crippen molar-refractivity contribution in [2.24, 2.45) is 11.1 Å². The number of nitrogens with two attached hydrogens (primary N) is 2. The van der Waals surface area contributed by atoms with Crippen LogP contribution in [0.15, 0.2) is 66.4 Å². The van der Waals surface area contributed by atoms with Gasteiger partial charge in [-0.2, -0.15) is 0 Å². The van der Waals surface area contributed by atoms with Crippen LogP contribution in [0.3, 0.4) is 0 Å². The quantitative estimate of drug-likeness (QED) is 0.181. The highest BCUT2D eigenvalue weighted by molar-refractivity contribution is 8.12. The van der Waals surface area contributed by atoms with Gasteiger partial charge in [0.15, 0.2) is 5.82 Å². The first-order valence-electron chi connectivity index (χ1n) is 18.1. The zero-order valence-electron chi connectivity index (χ0n) is 31.6. The topological polar surface area (TPSA) is 183 Å². The molecule has 54 heavy (non-hydrogen) atoms. The lowest BCUT2D eigenvalue weighted by Gasteiger charge is -2.38. The molecule has 7 N–H and O–H groups in total. The molecule has 5 rings (SSSR count). The van der Waals surface area contributed by atoms with Crippen LogP contribution in [0.2, 0.25) is 0 Å². The highest BCUT2D eigenvalue weighted by Crippen LogP contribution is 2.31. The van der Waals surface area contributed by atoms with Crippen LogP contribution in [0, 0.1) is 17.1 Å². The molecule has 0 aliphatic carbocycles. The number of nitrogens with one attached hydrogen (secondary N) is 2. The van der Waals surface area contributed by atoms with Gasteiger partial charge in [-0.1, -0.05) is 75.4 Å². The lowest BCUT2D eigenvalue weighted by atomic mass is 9.85. The molecular weight excluding hydrogens is 703 g/mol. The van der Waals surface area contributed by atoms with E-state index in [1.54, 1.807) is 6.92 Å². The van der Waals surface area contributed by atoms with Gasteiger partial charge >= 0.3 is 0 Å². The lowest BCUT2D eigenvalue weighted by molar-refractivity contribution is -0.144. The maximum atomic E-state index is 14.2. The number of carbonyl (C=O) groups excluding carboxylic acids is 3. The lowest BCUT2D eigenvalue weighted by Crippen LogP contribution is -2.59. The summed E-state index contributed by atoms with van der Waals surface area (Å²) in [6.07, 6.45) is 4.70. The zero-order chi connectivity index (χ0) is 39.2. The highest BCUT2D eigenvalue weighted by atomic mass is 32.2. The summed E-state index contributed by atoms with van der Waals surface area (Å²) in [4.78, 5) is 47.7. The van der Waals surface area contributed by atoms with Crippen LogP contribution < -0.4 is 27.0 Å². The number of aromatic nitrogens is 2. The SMILES string of the molecule is C#CS/C(=C(/C)N)c1ccc([C@H](C)NC(=O)[C@@H]2C[C@@H](O)CN2C(=O)[C@@H](NC(=O)CN2CCN(c3cc(-c4ccccc4)nnc3N)CC2)C(C)(C)C)cc1. The fourth-order valence-corrected chi connectivity index (χ4v) is 7.35. The molecule has 0 spiro atoms. The standard InChI is InChI=1S/C40H51N9O4S/c1-7-54-35(25(2)41)29-15-13-27(14-16-29)26(3)43-38(52)33-21-30(50)23-49(33)39(53)36(40(4,5)6)44-34(51)24-47-17-19-48(20-18-47)32-22-31(45-46-37(32)42)28-11-9-8-10-12-28/h1,8-16,22,26,30,33,36,50H,17-21,23-24,41H2,2-6H3,(H2,42,46)(H,43,52)(H,44,51)/b35-25-/t26-,30+,33-,36+/m0/s1. The number of nitrogen functional groups attached to an aromatic ring is 1. The van der Waals surface area contributed by atoms with E-state index in [0.717, 1.165) is 33.0 Å². The van der Waals surface area contributed by atoms with Gasteiger partial charge in [0, 0.05) is 55.3 Å². The van der Waals surface area contributed by atoms with Crippen LogP contribution in [-0.2, 0) is 14.4 Å². The van der Waals surface area contributed by atoms with Crippen LogP contribution in [0.4, 0.5) is 11.5 Å². The Balaban J connectivity index is 1.19. The average molecular weight is 754 g/mol. The molecule has 2 aromatic carbocycles. The molecule has 2 aliphatic heterocycles. The fourth-order valence-electron chi connectivity index (χ4n) is 6.81. The smallest absolute Gasteiger partial charge is 0.246 e. The van der Waals surface area contributed by atoms with E-state index in [-0.39, 0.29) is 37.4 Å². The van der Waals surface area contributed by atoms with Crippen molar-refractivity contribution in [1.29, 1.82) is 0 Å².